The molecule has 0 aliphatic heterocycles. The average Bonchev–Trinajstić information content (AvgIpc) is 2.83. The van der Waals surface area contributed by atoms with Gasteiger partial charge in [0.2, 0.25) is 0 Å². The van der Waals surface area contributed by atoms with E-state index in [0.29, 0.717) is 12.8 Å². The van der Waals surface area contributed by atoms with E-state index in [1.54, 1.807) is 0 Å². The molecule has 0 rings (SSSR count). The van der Waals surface area contributed by atoms with Crippen molar-refractivity contribution in [2.24, 2.45) is 0 Å². The van der Waals surface area contributed by atoms with E-state index in [9.17, 15) is 22.6 Å². The fraction of sp³-hybridized carbons (Fsp3) is 0.929. The molecular formula is C28H55KO7S. The molecule has 0 saturated carbocycles. The van der Waals surface area contributed by atoms with Gasteiger partial charge in [0, 0.05) is 0 Å². The van der Waals surface area contributed by atoms with Crippen molar-refractivity contribution in [2.45, 2.75) is 154 Å². The van der Waals surface area contributed by atoms with Crippen LogP contribution in [-0.2, 0) is 29.2 Å². The van der Waals surface area contributed by atoms with Crippen molar-refractivity contribution in [3.63, 3.8) is 0 Å². The van der Waals surface area contributed by atoms with Crippen LogP contribution in [0.15, 0.2) is 0 Å². The van der Waals surface area contributed by atoms with Gasteiger partial charge >= 0.3 is 63.3 Å². The van der Waals surface area contributed by atoms with Crippen molar-refractivity contribution in [1.82, 2.24) is 0 Å². The first-order valence-corrected chi connectivity index (χ1v) is 16.1. The first-order chi connectivity index (χ1) is 17.3. The molecule has 0 aromatic heterocycles. The maximum absolute atomic E-state index is 12.2. The number of carbonyl (C=O) groups excluding carboxylic acids is 2. The molecule has 0 heterocycles. The molecule has 37 heavy (non-hydrogen) atoms. The Morgan fingerprint density at radius 3 is 1.30 bits per heavy atom. The Kier molecular flexibility index (Phi) is 30.0. The number of hydrogen-bond donors (Lipinski definition) is 1. The summed E-state index contributed by atoms with van der Waals surface area (Å²) in [7, 11) is -4.75. The van der Waals surface area contributed by atoms with Crippen molar-refractivity contribution >= 4 is 22.1 Å². The average molecular weight is 575 g/mol. The summed E-state index contributed by atoms with van der Waals surface area (Å²) in [4.78, 5) is 24.2. The zero-order valence-corrected chi connectivity index (χ0v) is 28.1. The van der Waals surface area contributed by atoms with E-state index in [-0.39, 0.29) is 66.0 Å². The van der Waals surface area contributed by atoms with Gasteiger partial charge in [0.1, 0.15) is 0 Å². The largest absolute Gasteiger partial charge is 1.00 e. The predicted molar refractivity (Wildman–Crippen MR) is 147 cm³/mol. The normalized spacial score (nSPS) is 12.1. The van der Waals surface area contributed by atoms with E-state index in [2.05, 4.69) is 13.8 Å². The minimum atomic E-state index is -4.75. The maximum Gasteiger partial charge on any atom is 1.00 e. The molecule has 1 N–H and O–H groups in total. The van der Waals surface area contributed by atoms with Gasteiger partial charge in [-0.1, -0.05) is 129 Å². The molecule has 0 radical (unpaired) electrons. The summed E-state index contributed by atoms with van der Waals surface area (Å²) in [5.74, 6) is -1.91. The van der Waals surface area contributed by atoms with Gasteiger partial charge in [0.05, 0.1) is 19.6 Å². The SMILES string of the molecule is CCCCCCCCCCCCOC(=O)CC(C(=O)OCCCCCCCCCCCC)S(=O)(=O)O.[H-].[K+]. The van der Waals surface area contributed by atoms with Crippen molar-refractivity contribution in [1.29, 1.82) is 0 Å². The Balaban J connectivity index is -0.00000612. The Morgan fingerprint density at radius 2 is 0.946 bits per heavy atom. The van der Waals surface area contributed by atoms with Gasteiger partial charge in [0.25, 0.3) is 10.1 Å². The quantitative estimate of drug-likeness (QED) is 0.0692. The second kappa shape index (κ2) is 28.0. The molecular weight excluding hydrogens is 519 g/mol. The number of hydrogen-bond acceptors (Lipinski definition) is 6. The van der Waals surface area contributed by atoms with E-state index < -0.39 is 33.7 Å². The second-order valence-corrected chi connectivity index (χ2v) is 11.6. The Hall–Kier alpha value is 0.486. The van der Waals surface area contributed by atoms with Gasteiger partial charge in [-0.3, -0.25) is 14.1 Å². The van der Waals surface area contributed by atoms with E-state index in [1.165, 1.54) is 77.0 Å². The molecule has 7 nitrogen and oxygen atoms in total. The second-order valence-electron chi connectivity index (χ2n) is 9.96. The molecule has 0 aromatic carbocycles. The molecule has 0 saturated heterocycles. The first kappa shape index (κ1) is 39.6. The van der Waals surface area contributed by atoms with Crippen molar-refractivity contribution < 1.29 is 84.8 Å². The van der Waals surface area contributed by atoms with Crippen molar-refractivity contribution in [3.05, 3.63) is 0 Å². The third-order valence-electron chi connectivity index (χ3n) is 6.48. The molecule has 0 aromatic rings. The molecule has 0 fully saturated rings. The molecule has 0 spiro atoms. The minimum absolute atomic E-state index is 0. The summed E-state index contributed by atoms with van der Waals surface area (Å²) in [5, 5.41) is -1.93. The maximum atomic E-state index is 12.2. The Morgan fingerprint density at radius 1 is 0.622 bits per heavy atom. The number of rotatable bonds is 26. The zero-order chi connectivity index (χ0) is 26.9. The molecule has 0 bridgehead atoms. The van der Waals surface area contributed by atoms with Crippen LogP contribution in [0.1, 0.15) is 150 Å². The molecule has 1 atom stereocenters. The molecule has 1 unspecified atom stereocenters. The Labute approximate surface area is 271 Å². The monoisotopic (exact) mass is 574 g/mol. The molecule has 0 aliphatic rings. The van der Waals surface area contributed by atoms with Crippen molar-refractivity contribution in [3.8, 4) is 0 Å². The summed E-state index contributed by atoms with van der Waals surface area (Å²) in [6.07, 6.45) is 22.1. The number of ether oxygens (including phenoxy) is 2. The summed E-state index contributed by atoms with van der Waals surface area (Å²) in [6.45, 7) is 4.67. The van der Waals surface area contributed by atoms with Crippen molar-refractivity contribution in [2.75, 3.05) is 13.2 Å². The van der Waals surface area contributed by atoms with E-state index in [4.69, 9.17) is 9.47 Å². The van der Waals surface area contributed by atoms with E-state index in [0.717, 1.165) is 38.5 Å². The third kappa shape index (κ3) is 26.5. The predicted octanol–water partition coefficient (Wildman–Crippen LogP) is 4.68. The van der Waals surface area contributed by atoms with Crippen LogP contribution in [0, 0.1) is 0 Å². The van der Waals surface area contributed by atoms with Gasteiger partial charge in [-0.2, -0.15) is 8.42 Å². The number of unbranched alkanes of at least 4 members (excludes halogenated alkanes) is 18. The van der Waals surface area contributed by atoms with Crippen LogP contribution in [0.5, 0.6) is 0 Å². The summed E-state index contributed by atoms with van der Waals surface area (Å²) >= 11 is 0. The molecule has 216 valence electrons. The van der Waals surface area contributed by atoms with Crippen LogP contribution >= 0.6 is 0 Å². The molecule has 0 amide bonds. The first-order valence-electron chi connectivity index (χ1n) is 14.6. The van der Waals surface area contributed by atoms with Crippen LogP contribution in [0.3, 0.4) is 0 Å². The van der Waals surface area contributed by atoms with Crippen LogP contribution < -0.4 is 51.4 Å². The molecule has 0 aliphatic carbocycles. The topological polar surface area (TPSA) is 107 Å². The number of carbonyl (C=O) groups is 2. The molecule has 9 heteroatoms. The number of esters is 2. The Bertz CT molecular complexity index is 647. The zero-order valence-electron chi connectivity index (χ0n) is 25.1. The summed E-state index contributed by atoms with van der Waals surface area (Å²) in [6, 6.07) is 0. The van der Waals surface area contributed by atoms with Gasteiger partial charge in [-0.25, -0.2) is 0 Å². The fourth-order valence-corrected chi connectivity index (χ4v) is 4.81. The van der Waals surface area contributed by atoms with Gasteiger partial charge < -0.3 is 10.9 Å². The smallest absolute Gasteiger partial charge is 1.00 e. The van der Waals surface area contributed by atoms with E-state index >= 15 is 0 Å². The third-order valence-corrected chi connectivity index (χ3v) is 7.56. The van der Waals surface area contributed by atoms with Gasteiger partial charge in [-0.15, -0.1) is 0 Å². The van der Waals surface area contributed by atoms with Gasteiger partial charge in [0.15, 0.2) is 5.25 Å². The summed E-state index contributed by atoms with van der Waals surface area (Å²) in [5.41, 5.74) is 0. The minimum Gasteiger partial charge on any atom is -1.00 e. The summed E-state index contributed by atoms with van der Waals surface area (Å²) < 4.78 is 42.7. The van der Waals surface area contributed by atoms with Crippen LogP contribution in [0.2, 0.25) is 0 Å². The van der Waals surface area contributed by atoms with Crippen LogP contribution in [0.25, 0.3) is 0 Å². The van der Waals surface area contributed by atoms with Crippen LogP contribution in [-0.4, -0.2) is 43.4 Å². The van der Waals surface area contributed by atoms with Crippen LogP contribution in [0.4, 0.5) is 0 Å². The fourth-order valence-electron chi connectivity index (χ4n) is 4.15. The standard InChI is InChI=1S/C28H54O7S.K.H/c1-3-5-7-9-11-13-15-17-19-21-23-34-27(29)25-26(36(31,32)33)28(30)35-24-22-20-18-16-14-12-10-8-6-4-2;;/h26H,3-25H2,1-2H3,(H,31,32,33);;/q;+1;-1. The van der Waals surface area contributed by atoms with E-state index in [1.807, 2.05) is 0 Å². The van der Waals surface area contributed by atoms with Gasteiger partial charge in [-0.05, 0) is 12.8 Å².